The molecule has 0 aromatic heterocycles. The predicted molar refractivity (Wildman–Crippen MR) is 127 cm³/mol. The van der Waals surface area contributed by atoms with E-state index in [-0.39, 0.29) is 30.8 Å². The zero-order valence-corrected chi connectivity index (χ0v) is 20.2. The van der Waals surface area contributed by atoms with Crippen LogP contribution in [0, 0.1) is 11.7 Å². The number of rotatable bonds is 9. The van der Waals surface area contributed by atoms with Gasteiger partial charge in [0.2, 0.25) is 10.0 Å². The van der Waals surface area contributed by atoms with Gasteiger partial charge in [-0.1, -0.05) is 0 Å². The topological polar surface area (TPSA) is 96.0 Å². The maximum atomic E-state index is 13.1. The van der Waals surface area contributed by atoms with Crippen LogP contribution in [0.5, 0.6) is 0 Å². The van der Waals surface area contributed by atoms with Gasteiger partial charge in [0.1, 0.15) is 5.82 Å². The standard InChI is InChI=1S/C24H30FN3O5S/c1-3-27(4-2)21-9-7-20(8-10-21)26-23(29)17-33-24(30)18-13-15-28(16-14-18)34(31,32)22-11-5-19(25)6-12-22/h5-12,18H,3-4,13-17H2,1-2H3,(H,26,29). The quantitative estimate of drug-likeness (QED) is 0.541. The van der Waals surface area contributed by atoms with E-state index in [0.717, 1.165) is 30.9 Å². The number of hydrogen-bond acceptors (Lipinski definition) is 6. The van der Waals surface area contributed by atoms with Crippen LogP contribution in [0.1, 0.15) is 26.7 Å². The number of hydrogen-bond donors (Lipinski definition) is 1. The molecule has 2 aromatic carbocycles. The van der Waals surface area contributed by atoms with Gasteiger partial charge in [0.25, 0.3) is 5.91 Å². The summed E-state index contributed by atoms with van der Waals surface area (Å²) in [5.41, 5.74) is 1.67. The highest BCUT2D eigenvalue weighted by Crippen LogP contribution is 2.25. The number of anilines is 2. The van der Waals surface area contributed by atoms with Crippen LogP contribution in [0.25, 0.3) is 0 Å². The van der Waals surface area contributed by atoms with Gasteiger partial charge in [-0.25, -0.2) is 12.8 Å². The van der Waals surface area contributed by atoms with Gasteiger partial charge in [0, 0.05) is 37.6 Å². The molecule has 34 heavy (non-hydrogen) atoms. The predicted octanol–water partition coefficient (Wildman–Crippen LogP) is 3.25. The number of sulfonamides is 1. The smallest absolute Gasteiger partial charge is 0.309 e. The third-order valence-electron chi connectivity index (χ3n) is 5.86. The molecular weight excluding hydrogens is 461 g/mol. The van der Waals surface area contributed by atoms with E-state index >= 15 is 0 Å². The summed E-state index contributed by atoms with van der Waals surface area (Å²) in [4.78, 5) is 26.8. The number of esters is 1. The Morgan fingerprint density at radius 3 is 2.18 bits per heavy atom. The molecular formula is C24H30FN3O5S. The molecule has 0 bridgehead atoms. The molecule has 8 nitrogen and oxygen atoms in total. The van der Waals surface area contributed by atoms with Gasteiger partial charge in [-0.3, -0.25) is 9.59 Å². The second-order valence-corrected chi connectivity index (χ2v) is 9.95. The van der Waals surface area contributed by atoms with Crippen LogP contribution in [0.15, 0.2) is 53.4 Å². The normalized spacial score (nSPS) is 15.0. The van der Waals surface area contributed by atoms with E-state index in [4.69, 9.17) is 4.74 Å². The Hall–Kier alpha value is -2.98. The van der Waals surface area contributed by atoms with Gasteiger partial charge in [0.15, 0.2) is 6.61 Å². The monoisotopic (exact) mass is 491 g/mol. The van der Waals surface area contributed by atoms with Crippen molar-refractivity contribution in [2.45, 2.75) is 31.6 Å². The molecule has 0 atom stereocenters. The summed E-state index contributed by atoms with van der Waals surface area (Å²) in [5.74, 6) is -1.96. The highest BCUT2D eigenvalue weighted by atomic mass is 32.2. The molecule has 0 spiro atoms. The maximum absolute atomic E-state index is 13.1. The number of halogens is 1. The molecule has 1 aliphatic heterocycles. The zero-order valence-electron chi connectivity index (χ0n) is 19.4. The SMILES string of the molecule is CCN(CC)c1ccc(NC(=O)COC(=O)C2CCN(S(=O)(=O)c3ccc(F)cc3)CC2)cc1. The Labute approximate surface area is 199 Å². The second kappa shape index (κ2) is 11.4. The number of carbonyl (C=O) groups excluding carboxylic acids is 2. The van der Waals surface area contributed by atoms with Crippen LogP contribution < -0.4 is 10.2 Å². The summed E-state index contributed by atoms with van der Waals surface area (Å²) < 4.78 is 44.9. The van der Waals surface area contributed by atoms with Crippen molar-refractivity contribution >= 4 is 33.3 Å². The molecule has 0 unspecified atom stereocenters. The first-order chi connectivity index (χ1) is 16.2. The van der Waals surface area contributed by atoms with E-state index in [1.807, 2.05) is 12.1 Å². The summed E-state index contributed by atoms with van der Waals surface area (Å²) in [6.45, 7) is 5.79. The minimum atomic E-state index is -3.75. The van der Waals surface area contributed by atoms with Crippen molar-refractivity contribution in [3.63, 3.8) is 0 Å². The van der Waals surface area contributed by atoms with Gasteiger partial charge in [-0.05, 0) is 75.2 Å². The first-order valence-electron chi connectivity index (χ1n) is 11.3. The van der Waals surface area contributed by atoms with Crippen molar-refractivity contribution in [2.24, 2.45) is 5.92 Å². The number of ether oxygens (including phenoxy) is 1. The maximum Gasteiger partial charge on any atom is 0.309 e. The number of amides is 1. The van der Waals surface area contributed by atoms with Crippen LogP contribution in [0.2, 0.25) is 0 Å². The molecule has 1 N–H and O–H groups in total. The lowest BCUT2D eigenvalue weighted by molar-refractivity contribution is -0.152. The summed E-state index contributed by atoms with van der Waals surface area (Å²) in [6.07, 6.45) is 0.571. The van der Waals surface area contributed by atoms with Crippen molar-refractivity contribution in [3.8, 4) is 0 Å². The minimum Gasteiger partial charge on any atom is -0.455 e. The van der Waals surface area contributed by atoms with Crippen molar-refractivity contribution < 1.29 is 27.1 Å². The summed E-state index contributed by atoms with van der Waals surface area (Å²) >= 11 is 0. The van der Waals surface area contributed by atoms with E-state index < -0.39 is 40.2 Å². The summed E-state index contributed by atoms with van der Waals surface area (Å²) in [7, 11) is -3.75. The lowest BCUT2D eigenvalue weighted by Gasteiger charge is -2.30. The molecule has 3 rings (SSSR count). The number of carbonyl (C=O) groups is 2. The Kier molecular flexibility index (Phi) is 8.62. The van der Waals surface area contributed by atoms with Crippen LogP contribution >= 0.6 is 0 Å². The van der Waals surface area contributed by atoms with E-state index in [1.54, 1.807) is 12.1 Å². The fraction of sp³-hybridized carbons (Fsp3) is 0.417. The number of benzene rings is 2. The highest BCUT2D eigenvalue weighted by Gasteiger charge is 2.33. The van der Waals surface area contributed by atoms with Gasteiger partial charge >= 0.3 is 5.97 Å². The summed E-state index contributed by atoms with van der Waals surface area (Å²) in [6, 6.07) is 12.1. The highest BCUT2D eigenvalue weighted by molar-refractivity contribution is 7.89. The molecule has 0 radical (unpaired) electrons. The average molecular weight is 492 g/mol. The van der Waals surface area contributed by atoms with E-state index in [9.17, 15) is 22.4 Å². The van der Waals surface area contributed by atoms with Gasteiger partial charge in [-0.2, -0.15) is 4.31 Å². The first-order valence-corrected chi connectivity index (χ1v) is 12.8. The van der Waals surface area contributed by atoms with Crippen LogP contribution in [-0.2, 0) is 24.3 Å². The fourth-order valence-corrected chi connectivity index (χ4v) is 5.35. The lowest BCUT2D eigenvalue weighted by atomic mass is 9.98. The number of nitrogens with one attached hydrogen (secondary N) is 1. The van der Waals surface area contributed by atoms with E-state index in [0.29, 0.717) is 5.69 Å². The van der Waals surface area contributed by atoms with Crippen LogP contribution in [0.3, 0.4) is 0 Å². The Morgan fingerprint density at radius 2 is 1.62 bits per heavy atom. The van der Waals surface area contributed by atoms with Gasteiger partial charge in [0.05, 0.1) is 10.8 Å². The van der Waals surface area contributed by atoms with E-state index in [1.165, 1.54) is 16.4 Å². The van der Waals surface area contributed by atoms with Crippen molar-refractivity contribution in [1.82, 2.24) is 4.31 Å². The molecule has 1 saturated heterocycles. The molecule has 1 fully saturated rings. The van der Waals surface area contributed by atoms with E-state index in [2.05, 4.69) is 24.1 Å². The van der Waals surface area contributed by atoms with Crippen LogP contribution in [-0.4, -0.2) is 57.4 Å². The van der Waals surface area contributed by atoms with Gasteiger partial charge in [-0.15, -0.1) is 0 Å². The average Bonchev–Trinajstić information content (AvgIpc) is 2.84. The fourth-order valence-electron chi connectivity index (χ4n) is 3.88. The second-order valence-electron chi connectivity index (χ2n) is 8.01. The molecule has 1 heterocycles. The molecule has 10 heteroatoms. The largest absolute Gasteiger partial charge is 0.455 e. The van der Waals surface area contributed by atoms with Gasteiger partial charge < -0.3 is 15.0 Å². The molecule has 0 saturated carbocycles. The van der Waals surface area contributed by atoms with Crippen molar-refractivity contribution in [2.75, 3.05) is 43.0 Å². The lowest BCUT2D eigenvalue weighted by Crippen LogP contribution is -2.40. The molecule has 1 amide bonds. The van der Waals surface area contributed by atoms with Crippen molar-refractivity contribution in [1.29, 1.82) is 0 Å². The third kappa shape index (κ3) is 6.32. The molecule has 184 valence electrons. The third-order valence-corrected chi connectivity index (χ3v) is 7.78. The van der Waals surface area contributed by atoms with Crippen molar-refractivity contribution in [3.05, 3.63) is 54.3 Å². The minimum absolute atomic E-state index is 0.0109. The van der Waals surface area contributed by atoms with Crippen LogP contribution in [0.4, 0.5) is 15.8 Å². The Bertz CT molecular complexity index is 1080. The number of nitrogens with zero attached hydrogens (tertiary/aromatic N) is 2. The zero-order chi connectivity index (χ0) is 24.7. The molecule has 0 aliphatic carbocycles. The Balaban J connectivity index is 1.45. The number of piperidine rings is 1. The summed E-state index contributed by atoms with van der Waals surface area (Å²) in [5, 5.41) is 2.70. The Morgan fingerprint density at radius 1 is 1.03 bits per heavy atom. The molecule has 2 aromatic rings. The first kappa shape index (κ1) is 25.6. The molecule has 1 aliphatic rings.